The number of hydrogen-bond donors (Lipinski definition) is 2. The number of carbonyl (C=O) groups is 1. The number of nitrogens with one attached hydrogen (secondary N) is 2. The second-order valence-corrected chi connectivity index (χ2v) is 7.42. The van der Waals surface area contributed by atoms with Gasteiger partial charge in [0.05, 0.1) is 17.2 Å². The molecule has 6 nitrogen and oxygen atoms in total. The number of guanidine groups is 1. The summed E-state index contributed by atoms with van der Waals surface area (Å²) in [6.07, 6.45) is 3.65. The molecule has 0 bridgehead atoms. The van der Waals surface area contributed by atoms with Crippen LogP contribution in [0.15, 0.2) is 4.99 Å². The standard InChI is InChI=1S/C17H29N5OS.HI/c1-5-14(22-10-6-7-16(22)23)8-9-19-17(18-4)20-11-15-12(2)21-13(3)24-15;/h14H,5-11H2,1-4H3,(H2,18,19,20);1H. The molecule has 1 unspecified atom stereocenters. The van der Waals surface area contributed by atoms with E-state index >= 15 is 0 Å². The third-order valence-electron chi connectivity index (χ3n) is 4.43. The van der Waals surface area contributed by atoms with Gasteiger partial charge in [-0.15, -0.1) is 35.3 Å². The fourth-order valence-electron chi connectivity index (χ4n) is 3.11. The van der Waals surface area contributed by atoms with E-state index < -0.39 is 0 Å². The highest BCUT2D eigenvalue weighted by atomic mass is 127. The van der Waals surface area contributed by atoms with E-state index in [0.717, 1.165) is 55.6 Å². The molecule has 142 valence electrons. The number of rotatable bonds is 7. The van der Waals surface area contributed by atoms with Crippen LogP contribution in [0.5, 0.6) is 0 Å². The number of likely N-dealkylation sites (tertiary alicyclic amines) is 1. The molecule has 1 fully saturated rings. The Kier molecular flexibility index (Phi) is 9.70. The molecule has 25 heavy (non-hydrogen) atoms. The highest BCUT2D eigenvalue weighted by molar-refractivity contribution is 14.0. The lowest BCUT2D eigenvalue weighted by Crippen LogP contribution is -2.41. The fourth-order valence-corrected chi connectivity index (χ4v) is 3.99. The average molecular weight is 479 g/mol. The molecule has 1 aromatic heterocycles. The molecule has 0 radical (unpaired) electrons. The molecule has 1 amide bonds. The van der Waals surface area contributed by atoms with Crippen molar-refractivity contribution in [1.82, 2.24) is 20.5 Å². The second kappa shape index (κ2) is 10.9. The molecule has 2 N–H and O–H groups in total. The third kappa shape index (κ3) is 6.40. The van der Waals surface area contributed by atoms with Crippen molar-refractivity contribution in [2.24, 2.45) is 4.99 Å². The molecule has 1 atom stereocenters. The predicted octanol–water partition coefficient (Wildman–Crippen LogP) is 2.83. The summed E-state index contributed by atoms with van der Waals surface area (Å²) < 4.78 is 0. The van der Waals surface area contributed by atoms with Gasteiger partial charge in [0.1, 0.15) is 0 Å². The quantitative estimate of drug-likeness (QED) is 0.359. The molecule has 1 saturated heterocycles. The molecule has 1 aliphatic heterocycles. The predicted molar refractivity (Wildman–Crippen MR) is 115 cm³/mol. The highest BCUT2D eigenvalue weighted by Crippen LogP contribution is 2.18. The summed E-state index contributed by atoms with van der Waals surface area (Å²) in [7, 11) is 1.78. The van der Waals surface area contributed by atoms with Crippen LogP contribution in [0.4, 0.5) is 0 Å². The number of hydrogen-bond acceptors (Lipinski definition) is 4. The van der Waals surface area contributed by atoms with Gasteiger partial charge in [-0.3, -0.25) is 9.79 Å². The maximum atomic E-state index is 11.9. The van der Waals surface area contributed by atoms with Gasteiger partial charge in [-0.2, -0.15) is 0 Å². The van der Waals surface area contributed by atoms with Crippen LogP contribution in [-0.2, 0) is 11.3 Å². The Labute approximate surface area is 171 Å². The molecule has 2 heterocycles. The number of aryl methyl sites for hydroxylation is 2. The van der Waals surface area contributed by atoms with E-state index in [0.29, 0.717) is 18.4 Å². The van der Waals surface area contributed by atoms with Gasteiger partial charge < -0.3 is 15.5 Å². The van der Waals surface area contributed by atoms with Crippen LogP contribution in [0.2, 0.25) is 0 Å². The molecule has 2 rings (SSSR count). The van der Waals surface area contributed by atoms with Gasteiger partial charge in [0, 0.05) is 37.5 Å². The van der Waals surface area contributed by atoms with Crippen molar-refractivity contribution >= 4 is 47.2 Å². The maximum absolute atomic E-state index is 11.9. The molecule has 1 aromatic rings. The Morgan fingerprint density at radius 1 is 1.40 bits per heavy atom. The van der Waals surface area contributed by atoms with E-state index in [2.05, 4.69) is 27.5 Å². The number of amides is 1. The first-order valence-electron chi connectivity index (χ1n) is 8.72. The SMILES string of the molecule is CCC(CCNC(=NC)NCc1sc(C)nc1C)N1CCCC1=O.I. The summed E-state index contributed by atoms with van der Waals surface area (Å²) in [6.45, 7) is 8.67. The molecule has 0 saturated carbocycles. The van der Waals surface area contributed by atoms with Crippen molar-refractivity contribution in [3.63, 3.8) is 0 Å². The Morgan fingerprint density at radius 2 is 2.16 bits per heavy atom. The molecular weight excluding hydrogens is 449 g/mol. The summed E-state index contributed by atoms with van der Waals surface area (Å²) in [4.78, 5) is 23.9. The zero-order chi connectivity index (χ0) is 17.5. The Morgan fingerprint density at radius 3 is 2.68 bits per heavy atom. The van der Waals surface area contributed by atoms with Gasteiger partial charge in [0.2, 0.25) is 5.91 Å². The fraction of sp³-hybridized carbons (Fsp3) is 0.706. The van der Waals surface area contributed by atoms with Gasteiger partial charge in [-0.05, 0) is 33.1 Å². The number of halogens is 1. The first-order chi connectivity index (χ1) is 11.5. The molecule has 1 aliphatic rings. The number of nitrogens with zero attached hydrogens (tertiary/aromatic N) is 3. The molecule has 0 aromatic carbocycles. The minimum absolute atomic E-state index is 0. The highest BCUT2D eigenvalue weighted by Gasteiger charge is 2.26. The largest absolute Gasteiger partial charge is 0.356 e. The minimum Gasteiger partial charge on any atom is -0.356 e. The van der Waals surface area contributed by atoms with E-state index in [-0.39, 0.29) is 24.0 Å². The van der Waals surface area contributed by atoms with E-state index in [9.17, 15) is 4.79 Å². The van der Waals surface area contributed by atoms with Gasteiger partial charge >= 0.3 is 0 Å². The summed E-state index contributed by atoms with van der Waals surface area (Å²) in [5.41, 5.74) is 1.08. The lowest BCUT2D eigenvalue weighted by molar-refractivity contribution is -0.129. The zero-order valence-electron chi connectivity index (χ0n) is 15.6. The van der Waals surface area contributed by atoms with E-state index in [1.165, 1.54) is 4.88 Å². The van der Waals surface area contributed by atoms with Crippen LogP contribution in [0.1, 0.15) is 48.2 Å². The summed E-state index contributed by atoms with van der Waals surface area (Å²) in [6, 6.07) is 0.331. The van der Waals surface area contributed by atoms with Gasteiger partial charge in [0.15, 0.2) is 5.96 Å². The third-order valence-corrected chi connectivity index (χ3v) is 5.50. The van der Waals surface area contributed by atoms with Crippen molar-refractivity contribution in [3.8, 4) is 0 Å². The van der Waals surface area contributed by atoms with Crippen molar-refractivity contribution in [2.75, 3.05) is 20.1 Å². The Balaban J connectivity index is 0.00000312. The van der Waals surface area contributed by atoms with Crippen LogP contribution in [0.3, 0.4) is 0 Å². The lowest BCUT2D eigenvalue weighted by atomic mass is 10.1. The van der Waals surface area contributed by atoms with E-state index in [4.69, 9.17) is 0 Å². The summed E-state index contributed by atoms with van der Waals surface area (Å²) >= 11 is 1.72. The van der Waals surface area contributed by atoms with Crippen LogP contribution in [-0.4, -0.2) is 47.9 Å². The minimum atomic E-state index is 0. The van der Waals surface area contributed by atoms with Crippen molar-refractivity contribution in [2.45, 2.75) is 59.0 Å². The number of aliphatic imine (C=N–C) groups is 1. The number of carbonyl (C=O) groups excluding carboxylic acids is 1. The monoisotopic (exact) mass is 479 g/mol. The molecular formula is C17H30IN5OS. The topological polar surface area (TPSA) is 69.6 Å². The van der Waals surface area contributed by atoms with Crippen molar-refractivity contribution in [3.05, 3.63) is 15.6 Å². The van der Waals surface area contributed by atoms with Crippen LogP contribution in [0.25, 0.3) is 0 Å². The normalized spacial score (nSPS) is 15.9. The molecule has 8 heteroatoms. The first-order valence-corrected chi connectivity index (χ1v) is 9.53. The second-order valence-electron chi connectivity index (χ2n) is 6.14. The maximum Gasteiger partial charge on any atom is 0.222 e. The Hall–Kier alpha value is -0.900. The smallest absolute Gasteiger partial charge is 0.222 e. The van der Waals surface area contributed by atoms with Crippen molar-refractivity contribution in [1.29, 1.82) is 0 Å². The molecule has 0 spiro atoms. The van der Waals surface area contributed by atoms with Gasteiger partial charge in [0.25, 0.3) is 0 Å². The lowest BCUT2D eigenvalue weighted by Gasteiger charge is -2.27. The van der Waals surface area contributed by atoms with E-state index in [1.54, 1.807) is 18.4 Å². The first kappa shape index (κ1) is 22.1. The number of thiazole rings is 1. The number of aromatic nitrogens is 1. The Bertz CT molecular complexity index is 590. The summed E-state index contributed by atoms with van der Waals surface area (Å²) in [5.74, 6) is 1.10. The van der Waals surface area contributed by atoms with Crippen LogP contribution in [0, 0.1) is 13.8 Å². The average Bonchev–Trinajstić information content (AvgIpc) is 3.12. The van der Waals surface area contributed by atoms with Gasteiger partial charge in [-0.25, -0.2) is 4.98 Å². The van der Waals surface area contributed by atoms with Crippen molar-refractivity contribution < 1.29 is 4.79 Å². The molecule has 0 aliphatic carbocycles. The van der Waals surface area contributed by atoms with Crippen LogP contribution >= 0.6 is 35.3 Å². The zero-order valence-corrected chi connectivity index (χ0v) is 18.7. The van der Waals surface area contributed by atoms with Crippen LogP contribution < -0.4 is 10.6 Å². The summed E-state index contributed by atoms with van der Waals surface area (Å²) in [5, 5.41) is 7.78. The van der Waals surface area contributed by atoms with E-state index in [1.807, 2.05) is 18.7 Å². The van der Waals surface area contributed by atoms with Gasteiger partial charge in [-0.1, -0.05) is 6.92 Å².